The average Bonchev–Trinajstić information content (AvgIpc) is 3.05. The van der Waals surface area contributed by atoms with Crippen molar-refractivity contribution in [2.75, 3.05) is 13.2 Å². The lowest BCUT2D eigenvalue weighted by molar-refractivity contribution is -0.122. The number of ether oxygens (including phenoxy) is 1. The summed E-state index contributed by atoms with van der Waals surface area (Å²) in [5, 5.41) is 5.87. The predicted octanol–water partition coefficient (Wildman–Crippen LogP) is 2.05. The molecule has 1 aromatic rings. The number of aromatic nitrogens is 2. The van der Waals surface area contributed by atoms with Crippen molar-refractivity contribution in [1.29, 1.82) is 0 Å². The first-order chi connectivity index (χ1) is 9.97. The van der Waals surface area contributed by atoms with E-state index in [-0.39, 0.29) is 12.6 Å². The van der Waals surface area contributed by atoms with E-state index in [1.54, 1.807) is 0 Å². The monoisotopic (exact) mass is 309 g/mol. The van der Waals surface area contributed by atoms with Gasteiger partial charge in [0.2, 0.25) is 5.91 Å². The minimum absolute atomic E-state index is 0.0854. The molecule has 1 fully saturated rings. The molecule has 0 bridgehead atoms. The minimum atomic E-state index is -2.98. The van der Waals surface area contributed by atoms with Gasteiger partial charge in [-0.2, -0.15) is 5.10 Å². The third-order valence-electron chi connectivity index (χ3n) is 3.12. The zero-order chi connectivity index (χ0) is 15.4. The number of halogens is 4. The molecule has 21 heavy (non-hydrogen) atoms. The molecule has 118 valence electrons. The van der Waals surface area contributed by atoms with Crippen LogP contribution in [-0.4, -0.2) is 34.9 Å². The summed E-state index contributed by atoms with van der Waals surface area (Å²) in [5.74, 6) is -0.573. The number of nitrogens with one attached hydrogen (secondary N) is 1. The summed E-state index contributed by atoms with van der Waals surface area (Å²) in [7, 11) is 0. The fourth-order valence-corrected chi connectivity index (χ4v) is 2.09. The van der Waals surface area contributed by atoms with E-state index >= 15 is 0 Å². The Hall–Kier alpha value is -1.64. The highest BCUT2D eigenvalue weighted by molar-refractivity contribution is 5.75. The van der Waals surface area contributed by atoms with Gasteiger partial charge < -0.3 is 10.1 Å². The number of rotatable bonds is 6. The molecule has 1 unspecified atom stereocenters. The van der Waals surface area contributed by atoms with E-state index in [1.165, 1.54) is 0 Å². The highest BCUT2D eigenvalue weighted by atomic mass is 19.3. The zero-order valence-electron chi connectivity index (χ0n) is 11.1. The molecule has 0 radical (unpaired) electrons. The van der Waals surface area contributed by atoms with E-state index in [1.807, 2.05) is 0 Å². The van der Waals surface area contributed by atoms with Crippen molar-refractivity contribution < 1.29 is 27.1 Å². The summed E-state index contributed by atoms with van der Waals surface area (Å²) < 4.78 is 56.3. The molecule has 1 atom stereocenters. The summed E-state index contributed by atoms with van der Waals surface area (Å²) in [6.45, 7) is 0.373. The Labute approximate surface area is 118 Å². The first-order valence-corrected chi connectivity index (χ1v) is 6.49. The molecule has 1 aromatic heterocycles. The van der Waals surface area contributed by atoms with Crippen molar-refractivity contribution in [3.8, 4) is 0 Å². The Morgan fingerprint density at radius 3 is 2.76 bits per heavy atom. The van der Waals surface area contributed by atoms with E-state index < -0.39 is 36.7 Å². The second kappa shape index (κ2) is 6.88. The van der Waals surface area contributed by atoms with Crippen molar-refractivity contribution in [2.24, 2.45) is 0 Å². The lowest BCUT2D eigenvalue weighted by atomic mass is 10.2. The van der Waals surface area contributed by atoms with Gasteiger partial charge in [0, 0.05) is 13.2 Å². The third-order valence-corrected chi connectivity index (χ3v) is 3.12. The maximum Gasteiger partial charge on any atom is 0.282 e. The van der Waals surface area contributed by atoms with Gasteiger partial charge in [-0.3, -0.25) is 9.48 Å². The molecule has 1 amide bonds. The SMILES string of the molecule is O=C(Cn1nc(C(F)F)cc1C(F)F)NCC1CCCO1. The highest BCUT2D eigenvalue weighted by Crippen LogP contribution is 2.24. The Bertz CT molecular complexity index is 487. The van der Waals surface area contributed by atoms with E-state index in [4.69, 9.17) is 4.74 Å². The van der Waals surface area contributed by atoms with Crippen molar-refractivity contribution in [3.05, 3.63) is 17.5 Å². The van der Waals surface area contributed by atoms with Crippen LogP contribution in [0.1, 0.15) is 37.1 Å². The second-order valence-electron chi connectivity index (χ2n) is 4.69. The van der Waals surface area contributed by atoms with Crippen LogP contribution >= 0.6 is 0 Å². The van der Waals surface area contributed by atoms with Gasteiger partial charge in [0.1, 0.15) is 17.9 Å². The molecule has 1 aliphatic rings. The number of nitrogens with zero attached hydrogens (tertiary/aromatic N) is 2. The van der Waals surface area contributed by atoms with Crippen molar-refractivity contribution in [1.82, 2.24) is 15.1 Å². The van der Waals surface area contributed by atoms with Crippen LogP contribution < -0.4 is 5.32 Å². The normalized spacial score (nSPS) is 18.7. The van der Waals surface area contributed by atoms with Gasteiger partial charge in [-0.05, 0) is 18.9 Å². The van der Waals surface area contributed by atoms with Crippen molar-refractivity contribution in [3.63, 3.8) is 0 Å². The van der Waals surface area contributed by atoms with Crippen LogP contribution in [0.4, 0.5) is 17.6 Å². The number of hydrogen-bond acceptors (Lipinski definition) is 3. The van der Waals surface area contributed by atoms with Crippen molar-refractivity contribution >= 4 is 5.91 Å². The summed E-state index contributed by atoms with van der Waals surface area (Å²) in [5.41, 5.74) is -1.46. The topological polar surface area (TPSA) is 56.2 Å². The molecule has 0 saturated carbocycles. The quantitative estimate of drug-likeness (QED) is 0.818. The Kier molecular flexibility index (Phi) is 5.16. The fourth-order valence-electron chi connectivity index (χ4n) is 2.09. The molecule has 1 aliphatic heterocycles. The maximum atomic E-state index is 12.7. The Balaban J connectivity index is 1.95. The lowest BCUT2D eigenvalue weighted by Crippen LogP contribution is -2.34. The van der Waals surface area contributed by atoms with Gasteiger partial charge in [-0.1, -0.05) is 0 Å². The third kappa shape index (κ3) is 4.16. The summed E-state index contributed by atoms with van der Waals surface area (Å²) >= 11 is 0. The first kappa shape index (κ1) is 15.7. The largest absolute Gasteiger partial charge is 0.376 e. The molecular formula is C12H15F4N3O2. The van der Waals surface area contributed by atoms with Gasteiger partial charge in [0.05, 0.1) is 6.10 Å². The van der Waals surface area contributed by atoms with Crippen LogP contribution in [0.15, 0.2) is 6.07 Å². The van der Waals surface area contributed by atoms with E-state index in [0.717, 1.165) is 12.8 Å². The zero-order valence-corrected chi connectivity index (χ0v) is 11.1. The first-order valence-electron chi connectivity index (χ1n) is 6.49. The highest BCUT2D eigenvalue weighted by Gasteiger charge is 2.23. The molecule has 5 nitrogen and oxygen atoms in total. The van der Waals surface area contributed by atoms with Gasteiger partial charge in [0.15, 0.2) is 0 Å². The fraction of sp³-hybridized carbons (Fsp3) is 0.667. The van der Waals surface area contributed by atoms with Crippen LogP contribution in [0.2, 0.25) is 0 Å². The number of hydrogen-bond donors (Lipinski definition) is 1. The Morgan fingerprint density at radius 1 is 1.43 bits per heavy atom. The molecule has 9 heteroatoms. The molecule has 0 spiro atoms. The standard InChI is InChI=1S/C12H15F4N3O2/c13-11(14)8-4-9(12(15)16)19(18-8)6-10(20)17-5-7-2-1-3-21-7/h4,7,11-12H,1-3,5-6H2,(H,17,20). The molecule has 0 aliphatic carbocycles. The number of carbonyl (C=O) groups is 1. The molecule has 1 saturated heterocycles. The molecule has 2 rings (SSSR count). The van der Waals surface area contributed by atoms with Gasteiger partial charge in [0.25, 0.3) is 12.9 Å². The van der Waals surface area contributed by atoms with Crippen LogP contribution in [0, 0.1) is 0 Å². The van der Waals surface area contributed by atoms with Crippen LogP contribution in [0.5, 0.6) is 0 Å². The molecular weight excluding hydrogens is 294 g/mol. The number of alkyl halides is 4. The molecule has 1 N–H and O–H groups in total. The molecule has 2 heterocycles. The minimum Gasteiger partial charge on any atom is -0.376 e. The lowest BCUT2D eigenvalue weighted by Gasteiger charge is -2.11. The van der Waals surface area contributed by atoms with Crippen LogP contribution in [0.3, 0.4) is 0 Å². The summed E-state index contributed by atoms with van der Waals surface area (Å²) in [4.78, 5) is 11.7. The van der Waals surface area contributed by atoms with Gasteiger partial charge in [-0.25, -0.2) is 17.6 Å². The van der Waals surface area contributed by atoms with Crippen LogP contribution in [-0.2, 0) is 16.1 Å². The number of carbonyl (C=O) groups excluding carboxylic acids is 1. The summed E-state index contributed by atoms with van der Waals surface area (Å²) in [6, 6.07) is 0.614. The summed E-state index contributed by atoms with van der Waals surface area (Å²) in [6.07, 6.45) is -4.29. The van der Waals surface area contributed by atoms with E-state index in [0.29, 0.717) is 17.4 Å². The van der Waals surface area contributed by atoms with E-state index in [9.17, 15) is 22.4 Å². The maximum absolute atomic E-state index is 12.7. The number of amides is 1. The van der Waals surface area contributed by atoms with E-state index in [2.05, 4.69) is 10.4 Å². The second-order valence-corrected chi connectivity index (χ2v) is 4.69. The van der Waals surface area contributed by atoms with Gasteiger partial charge in [-0.15, -0.1) is 0 Å². The van der Waals surface area contributed by atoms with Gasteiger partial charge >= 0.3 is 0 Å². The van der Waals surface area contributed by atoms with Crippen LogP contribution in [0.25, 0.3) is 0 Å². The molecule has 0 aromatic carbocycles. The smallest absolute Gasteiger partial charge is 0.282 e. The van der Waals surface area contributed by atoms with Crippen molar-refractivity contribution in [2.45, 2.75) is 38.3 Å². The average molecular weight is 309 g/mol. The Morgan fingerprint density at radius 2 is 2.19 bits per heavy atom. The predicted molar refractivity (Wildman–Crippen MR) is 64.1 cm³/mol.